The summed E-state index contributed by atoms with van der Waals surface area (Å²) in [6.07, 6.45) is 2.96. The number of aryl methyl sites for hydroxylation is 1. The molecule has 4 rings (SSSR count). The molecule has 1 aliphatic heterocycles. The highest BCUT2D eigenvalue weighted by atomic mass is 16.2. The second-order valence-electron chi connectivity index (χ2n) is 6.24. The van der Waals surface area contributed by atoms with Gasteiger partial charge in [0.15, 0.2) is 11.5 Å². The summed E-state index contributed by atoms with van der Waals surface area (Å²) in [4.78, 5) is 20.7. The first-order valence-electron chi connectivity index (χ1n) is 8.50. The van der Waals surface area contributed by atoms with E-state index in [1.54, 1.807) is 12.1 Å². The maximum atomic E-state index is 12.7. The fourth-order valence-corrected chi connectivity index (χ4v) is 3.04. The highest BCUT2D eigenvalue weighted by Crippen LogP contribution is 2.18. The Balaban J connectivity index is 1.40. The van der Waals surface area contributed by atoms with Gasteiger partial charge in [-0.2, -0.15) is 5.10 Å². The van der Waals surface area contributed by atoms with Crippen molar-refractivity contribution in [1.29, 1.82) is 0 Å². The van der Waals surface area contributed by atoms with E-state index in [0.29, 0.717) is 24.6 Å². The molecule has 1 saturated heterocycles. The van der Waals surface area contributed by atoms with Crippen LogP contribution < -0.4 is 4.90 Å². The zero-order valence-electron chi connectivity index (χ0n) is 14.5. The predicted molar refractivity (Wildman–Crippen MR) is 96.2 cm³/mol. The molecule has 0 atom stereocenters. The first kappa shape index (κ1) is 16.2. The van der Waals surface area contributed by atoms with E-state index in [-0.39, 0.29) is 5.91 Å². The quantitative estimate of drug-likeness (QED) is 0.710. The number of anilines is 1. The van der Waals surface area contributed by atoms with Gasteiger partial charge in [-0.3, -0.25) is 4.79 Å². The Bertz CT molecular complexity index is 884. The summed E-state index contributed by atoms with van der Waals surface area (Å²) in [5.41, 5.74) is 2.79. The van der Waals surface area contributed by atoms with Crippen molar-refractivity contribution in [3.05, 3.63) is 60.3 Å². The smallest absolute Gasteiger partial charge is 0.274 e. The summed E-state index contributed by atoms with van der Waals surface area (Å²) in [7, 11) is 0. The van der Waals surface area contributed by atoms with Crippen molar-refractivity contribution in [2.24, 2.45) is 0 Å². The highest BCUT2D eigenvalue weighted by molar-refractivity contribution is 5.92. The maximum Gasteiger partial charge on any atom is 0.274 e. The largest absolute Gasteiger partial charge is 0.368 e. The third-order valence-corrected chi connectivity index (χ3v) is 4.46. The molecule has 3 aromatic rings. The molecule has 1 fully saturated rings. The number of benzene rings is 1. The number of carbonyl (C=O) groups is 1. The molecule has 0 unspecified atom stereocenters. The van der Waals surface area contributed by atoms with E-state index in [1.165, 1.54) is 28.6 Å². The third-order valence-electron chi connectivity index (χ3n) is 4.46. The Labute approximate surface area is 151 Å². The minimum absolute atomic E-state index is 0.0912. The SMILES string of the molecule is Cc1cccc(N2CCN(C(=O)c3ccc(-n4cncn4)nn3)CC2)c1. The van der Waals surface area contributed by atoms with E-state index < -0.39 is 0 Å². The molecule has 2 aromatic heterocycles. The Kier molecular flexibility index (Phi) is 4.30. The van der Waals surface area contributed by atoms with Crippen LogP contribution in [0.3, 0.4) is 0 Å². The summed E-state index contributed by atoms with van der Waals surface area (Å²) < 4.78 is 1.50. The van der Waals surface area contributed by atoms with Gasteiger partial charge < -0.3 is 9.80 Å². The Morgan fingerprint density at radius 2 is 1.88 bits per heavy atom. The number of piperazine rings is 1. The second kappa shape index (κ2) is 6.91. The number of rotatable bonds is 3. The molecule has 26 heavy (non-hydrogen) atoms. The zero-order valence-corrected chi connectivity index (χ0v) is 14.5. The molecule has 0 saturated carbocycles. The fraction of sp³-hybridized carbons (Fsp3) is 0.278. The molecule has 1 aliphatic rings. The van der Waals surface area contributed by atoms with Gasteiger partial charge in [0.05, 0.1) is 0 Å². The molecule has 0 N–H and O–H groups in total. The molecule has 8 nitrogen and oxygen atoms in total. The molecule has 0 bridgehead atoms. The minimum atomic E-state index is -0.0912. The van der Waals surface area contributed by atoms with Gasteiger partial charge in [0, 0.05) is 31.9 Å². The number of nitrogens with zero attached hydrogens (tertiary/aromatic N) is 7. The lowest BCUT2D eigenvalue weighted by Crippen LogP contribution is -2.49. The lowest BCUT2D eigenvalue weighted by Gasteiger charge is -2.36. The standard InChI is InChI=1S/C18H19N7O/c1-14-3-2-4-15(11-14)23-7-9-24(10-8-23)18(26)16-5-6-17(22-21-16)25-13-19-12-20-25/h2-6,11-13H,7-10H2,1H3. The van der Waals surface area contributed by atoms with Crippen molar-refractivity contribution in [1.82, 2.24) is 29.9 Å². The first-order valence-corrected chi connectivity index (χ1v) is 8.50. The van der Waals surface area contributed by atoms with Crippen molar-refractivity contribution in [3.8, 4) is 5.82 Å². The van der Waals surface area contributed by atoms with Gasteiger partial charge >= 0.3 is 0 Å². The van der Waals surface area contributed by atoms with Crippen molar-refractivity contribution >= 4 is 11.6 Å². The maximum absolute atomic E-state index is 12.7. The van der Waals surface area contributed by atoms with Crippen LogP contribution in [0.25, 0.3) is 5.82 Å². The van der Waals surface area contributed by atoms with Crippen molar-refractivity contribution in [3.63, 3.8) is 0 Å². The number of carbonyl (C=O) groups excluding carboxylic acids is 1. The highest BCUT2D eigenvalue weighted by Gasteiger charge is 2.23. The summed E-state index contributed by atoms with van der Waals surface area (Å²) in [5.74, 6) is 0.440. The first-order chi connectivity index (χ1) is 12.7. The summed E-state index contributed by atoms with van der Waals surface area (Å²) in [6, 6.07) is 11.8. The summed E-state index contributed by atoms with van der Waals surface area (Å²) >= 11 is 0. The van der Waals surface area contributed by atoms with E-state index in [1.807, 2.05) is 4.90 Å². The normalized spacial score (nSPS) is 14.5. The molecule has 8 heteroatoms. The van der Waals surface area contributed by atoms with E-state index in [9.17, 15) is 4.79 Å². The van der Waals surface area contributed by atoms with Crippen molar-refractivity contribution in [2.45, 2.75) is 6.92 Å². The van der Waals surface area contributed by atoms with Crippen LogP contribution in [-0.2, 0) is 0 Å². The molecule has 132 valence electrons. The van der Waals surface area contributed by atoms with E-state index in [0.717, 1.165) is 13.1 Å². The predicted octanol–water partition coefficient (Wildman–Crippen LogP) is 1.33. The number of aromatic nitrogens is 5. The molecule has 1 amide bonds. The van der Waals surface area contributed by atoms with Crippen LogP contribution in [-0.4, -0.2) is 61.9 Å². The summed E-state index contributed by atoms with van der Waals surface area (Å²) in [6.45, 7) is 5.03. The molecular weight excluding hydrogens is 330 g/mol. The Morgan fingerprint density at radius 3 is 2.54 bits per heavy atom. The molecule has 1 aromatic carbocycles. The van der Waals surface area contributed by atoms with E-state index >= 15 is 0 Å². The molecular formula is C18H19N7O. The van der Waals surface area contributed by atoms with Crippen LogP contribution in [0.4, 0.5) is 5.69 Å². The Morgan fingerprint density at radius 1 is 1.04 bits per heavy atom. The Hall–Kier alpha value is -3.29. The van der Waals surface area contributed by atoms with Crippen LogP contribution in [0.15, 0.2) is 49.1 Å². The van der Waals surface area contributed by atoms with Crippen LogP contribution >= 0.6 is 0 Å². The average Bonchev–Trinajstić information content (AvgIpc) is 3.23. The van der Waals surface area contributed by atoms with Gasteiger partial charge in [0.2, 0.25) is 0 Å². The topological polar surface area (TPSA) is 80.0 Å². The zero-order chi connectivity index (χ0) is 17.9. The fourth-order valence-electron chi connectivity index (χ4n) is 3.04. The lowest BCUT2D eigenvalue weighted by atomic mass is 10.2. The van der Waals surface area contributed by atoms with Crippen LogP contribution in [0.1, 0.15) is 16.1 Å². The monoisotopic (exact) mass is 349 g/mol. The van der Waals surface area contributed by atoms with Crippen molar-refractivity contribution in [2.75, 3.05) is 31.1 Å². The van der Waals surface area contributed by atoms with Gasteiger partial charge in [-0.1, -0.05) is 12.1 Å². The lowest BCUT2D eigenvalue weighted by molar-refractivity contribution is 0.0739. The van der Waals surface area contributed by atoms with Crippen LogP contribution in [0.5, 0.6) is 0 Å². The van der Waals surface area contributed by atoms with E-state index in [4.69, 9.17) is 0 Å². The van der Waals surface area contributed by atoms with Gasteiger partial charge in [-0.05, 0) is 36.8 Å². The number of amides is 1. The number of hydrogen-bond acceptors (Lipinski definition) is 6. The van der Waals surface area contributed by atoms with Gasteiger partial charge in [-0.25, -0.2) is 9.67 Å². The van der Waals surface area contributed by atoms with Gasteiger partial charge in [-0.15, -0.1) is 10.2 Å². The van der Waals surface area contributed by atoms with Gasteiger partial charge in [0.1, 0.15) is 12.7 Å². The second-order valence-corrected chi connectivity index (χ2v) is 6.24. The van der Waals surface area contributed by atoms with Crippen LogP contribution in [0, 0.1) is 6.92 Å². The number of hydrogen-bond donors (Lipinski definition) is 0. The summed E-state index contributed by atoms with van der Waals surface area (Å²) in [5, 5.41) is 12.1. The van der Waals surface area contributed by atoms with E-state index in [2.05, 4.69) is 56.4 Å². The minimum Gasteiger partial charge on any atom is -0.368 e. The van der Waals surface area contributed by atoms with Crippen molar-refractivity contribution < 1.29 is 4.79 Å². The molecule has 0 radical (unpaired) electrons. The average molecular weight is 349 g/mol. The van der Waals surface area contributed by atoms with Crippen LogP contribution in [0.2, 0.25) is 0 Å². The molecule has 0 spiro atoms. The third kappa shape index (κ3) is 3.26. The van der Waals surface area contributed by atoms with Gasteiger partial charge in [0.25, 0.3) is 5.91 Å². The molecule has 3 heterocycles. The molecule has 0 aliphatic carbocycles.